The highest BCUT2D eigenvalue weighted by molar-refractivity contribution is 5.31. The van der Waals surface area contributed by atoms with E-state index in [1.54, 1.807) is 0 Å². The lowest BCUT2D eigenvalue weighted by Gasteiger charge is -2.26. The first kappa shape index (κ1) is 17.0. The van der Waals surface area contributed by atoms with Crippen LogP contribution in [0.2, 0.25) is 0 Å². The molecule has 2 nitrogen and oxygen atoms in total. The van der Waals surface area contributed by atoms with Crippen LogP contribution in [0.1, 0.15) is 65.9 Å². The first-order valence-corrected chi connectivity index (χ1v) is 7.97. The van der Waals surface area contributed by atoms with E-state index in [1.165, 1.54) is 5.56 Å². The van der Waals surface area contributed by atoms with Gasteiger partial charge in [0.25, 0.3) is 0 Å². The van der Waals surface area contributed by atoms with Crippen LogP contribution in [0.25, 0.3) is 0 Å². The predicted octanol–water partition coefficient (Wildman–Crippen LogP) is 4.66. The van der Waals surface area contributed by atoms with Gasteiger partial charge in [0.05, 0.1) is 0 Å². The average Bonchev–Trinajstić information content (AvgIpc) is 2.45. The van der Waals surface area contributed by atoms with Gasteiger partial charge in [-0.2, -0.15) is 0 Å². The number of benzene rings is 1. The Kier molecular flexibility index (Phi) is 6.54. The molecule has 1 rings (SSSR count). The molecule has 0 radical (unpaired) electrons. The van der Waals surface area contributed by atoms with Crippen molar-refractivity contribution in [3.63, 3.8) is 0 Å². The van der Waals surface area contributed by atoms with Crippen LogP contribution in [0, 0.1) is 0 Å². The third-order valence-electron chi connectivity index (χ3n) is 4.31. The van der Waals surface area contributed by atoms with Crippen molar-refractivity contribution < 1.29 is 4.74 Å². The van der Waals surface area contributed by atoms with Crippen molar-refractivity contribution >= 4 is 0 Å². The molecule has 0 heterocycles. The summed E-state index contributed by atoms with van der Waals surface area (Å²) in [7, 11) is 0. The number of ether oxygens (including phenoxy) is 1. The fourth-order valence-electron chi connectivity index (χ4n) is 2.36. The molecule has 2 heteroatoms. The van der Waals surface area contributed by atoms with E-state index < -0.39 is 0 Å². The highest BCUT2D eigenvalue weighted by Gasteiger charge is 2.19. The van der Waals surface area contributed by atoms with E-state index in [2.05, 4.69) is 58.9 Å². The molecule has 0 aromatic heterocycles. The Morgan fingerprint density at radius 1 is 1.10 bits per heavy atom. The zero-order valence-electron chi connectivity index (χ0n) is 13.8. The van der Waals surface area contributed by atoms with Gasteiger partial charge < -0.3 is 10.5 Å². The Hall–Kier alpha value is -1.02. The van der Waals surface area contributed by atoms with Gasteiger partial charge in [0.2, 0.25) is 0 Å². The molecule has 0 saturated carbocycles. The largest absolute Gasteiger partial charge is 0.489 e. The molecule has 0 aliphatic heterocycles. The lowest BCUT2D eigenvalue weighted by atomic mass is 9.82. The summed E-state index contributed by atoms with van der Waals surface area (Å²) in [5.41, 5.74) is 7.77. The quantitative estimate of drug-likeness (QED) is 0.750. The second-order valence-electron chi connectivity index (χ2n) is 6.28. The normalized spacial score (nSPS) is 14.9. The van der Waals surface area contributed by atoms with Gasteiger partial charge in [0.15, 0.2) is 0 Å². The zero-order valence-corrected chi connectivity index (χ0v) is 13.8. The maximum absolute atomic E-state index is 6.18. The molecular weight excluding hydrogens is 246 g/mol. The van der Waals surface area contributed by atoms with E-state index in [-0.39, 0.29) is 17.6 Å². The van der Waals surface area contributed by atoms with Gasteiger partial charge in [-0.15, -0.1) is 0 Å². The number of hydrogen-bond donors (Lipinski definition) is 1. The third-order valence-corrected chi connectivity index (χ3v) is 4.31. The Balaban J connectivity index is 2.73. The van der Waals surface area contributed by atoms with Gasteiger partial charge in [0.1, 0.15) is 11.9 Å². The van der Waals surface area contributed by atoms with Crippen molar-refractivity contribution in [2.24, 2.45) is 5.73 Å². The molecule has 0 bridgehead atoms. The summed E-state index contributed by atoms with van der Waals surface area (Å²) in [5.74, 6) is 0.930. The molecule has 20 heavy (non-hydrogen) atoms. The monoisotopic (exact) mass is 277 g/mol. The van der Waals surface area contributed by atoms with Crippen molar-refractivity contribution in [2.75, 3.05) is 0 Å². The molecule has 1 aromatic carbocycles. The molecular formula is C18H31NO. The zero-order chi connectivity index (χ0) is 15.2. The molecule has 0 aliphatic rings. The van der Waals surface area contributed by atoms with Crippen molar-refractivity contribution in [2.45, 2.75) is 77.9 Å². The van der Waals surface area contributed by atoms with Gasteiger partial charge in [-0.05, 0) is 42.4 Å². The Morgan fingerprint density at radius 2 is 1.70 bits per heavy atom. The van der Waals surface area contributed by atoms with Crippen LogP contribution in [0.15, 0.2) is 24.3 Å². The first-order chi connectivity index (χ1) is 9.44. The Morgan fingerprint density at radius 3 is 2.15 bits per heavy atom. The lowest BCUT2D eigenvalue weighted by molar-refractivity contribution is 0.161. The molecule has 0 saturated heterocycles. The van der Waals surface area contributed by atoms with Crippen LogP contribution < -0.4 is 10.5 Å². The van der Waals surface area contributed by atoms with E-state index in [1.807, 2.05) is 0 Å². The molecule has 0 amide bonds. The summed E-state index contributed by atoms with van der Waals surface area (Å²) in [6, 6.07) is 8.63. The van der Waals surface area contributed by atoms with Crippen LogP contribution in [0.3, 0.4) is 0 Å². The summed E-state index contributed by atoms with van der Waals surface area (Å²) >= 11 is 0. The van der Waals surface area contributed by atoms with Gasteiger partial charge in [-0.3, -0.25) is 0 Å². The second kappa shape index (κ2) is 7.68. The molecule has 114 valence electrons. The smallest absolute Gasteiger partial charge is 0.119 e. The topological polar surface area (TPSA) is 35.2 Å². The van der Waals surface area contributed by atoms with Crippen molar-refractivity contribution in [1.29, 1.82) is 0 Å². The van der Waals surface area contributed by atoms with E-state index in [9.17, 15) is 0 Å². The van der Waals surface area contributed by atoms with Crippen LogP contribution in [-0.4, -0.2) is 12.1 Å². The third kappa shape index (κ3) is 4.52. The maximum Gasteiger partial charge on any atom is 0.119 e. The van der Waals surface area contributed by atoms with Crippen LogP contribution in [-0.2, 0) is 5.41 Å². The molecule has 0 fully saturated rings. The average molecular weight is 277 g/mol. The van der Waals surface area contributed by atoms with Crippen molar-refractivity contribution in [3.05, 3.63) is 29.8 Å². The second-order valence-corrected chi connectivity index (χ2v) is 6.28. The fraction of sp³-hybridized carbons (Fsp3) is 0.667. The van der Waals surface area contributed by atoms with Crippen molar-refractivity contribution in [3.8, 4) is 5.75 Å². The Labute approximate surface area is 124 Å². The molecule has 1 aromatic rings. The van der Waals surface area contributed by atoms with E-state index in [0.29, 0.717) is 0 Å². The summed E-state index contributed by atoms with van der Waals surface area (Å²) < 4.78 is 6.05. The van der Waals surface area contributed by atoms with Gasteiger partial charge in [0, 0.05) is 6.04 Å². The van der Waals surface area contributed by atoms with Gasteiger partial charge >= 0.3 is 0 Å². The van der Waals surface area contributed by atoms with Gasteiger partial charge in [-0.1, -0.05) is 53.2 Å². The summed E-state index contributed by atoms with van der Waals surface area (Å²) in [5, 5.41) is 0. The fourth-order valence-corrected chi connectivity index (χ4v) is 2.36. The standard InChI is InChI=1S/C18H31NO/c1-6-9-16(19)17(7-2)20-15-12-10-14(11-13-15)18(4,5)8-3/h10-13,16-17H,6-9,19H2,1-5H3. The van der Waals surface area contributed by atoms with Crippen molar-refractivity contribution in [1.82, 2.24) is 0 Å². The SMILES string of the molecule is CCCC(N)C(CC)Oc1ccc(C(C)(C)CC)cc1. The minimum absolute atomic E-state index is 0.111. The van der Waals surface area contributed by atoms with E-state index >= 15 is 0 Å². The molecule has 2 atom stereocenters. The minimum atomic E-state index is 0.111. The molecule has 2 N–H and O–H groups in total. The van der Waals surface area contributed by atoms with Gasteiger partial charge in [-0.25, -0.2) is 0 Å². The first-order valence-electron chi connectivity index (χ1n) is 7.97. The summed E-state index contributed by atoms with van der Waals surface area (Å²) in [6.45, 7) is 11.1. The number of rotatable bonds is 8. The molecule has 2 unspecified atom stereocenters. The van der Waals surface area contributed by atoms with Crippen LogP contribution in [0.5, 0.6) is 5.75 Å². The van der Waals surface area contributed by atoms with E-state index in [4.69, 9.17) is 10.5 Å². The maximum atomic E-state index is 6.18. The minimum Gasteiger partial charge on any atom is -0.489 e. The summed E-state index contributed by atoms with van der Waals surface area (Å²) in [6.07, 6.45) is 4.31. The lowest BCUT2D eigenvalue weighted by Crippen LogP contribution is -2.38. The molecule has 0 spiro atoms. The van der Waals surface area contributed by atoms with E-state index in [0.717, 1.165) is 31.4 Å². The highest BCUT2D eigenvalue weighted by atomic mass is 16.5. The molecule has 0 aliphatic carbocycles. The number of hydrogen-bond acceptors (Lipinski definition) is 2. The van der Waals surface area contributed by atoms with Crippen LogP contribution >= 0.6 is 0 Å². The van der Waals surface area contributed by atoms with Crippen LogP contribution in [0.4, 0.5) is 0 Å². The number of nitrogens with two attached hydrogens (primary N) is 1. The summed E-state index contributed by atoms with van der Waals surface area (Å²) in [4.78, 5) is 0. The predicted molar refractivity (Wildman–Crippen MR) is 87.3 cm³/mol. The highest BCUT2D eigenvalue weighted by Crippen LogP contribution is 2.28. The Bertz CT molecular complexity index is 383.